The molecule has 1 atom stereocenters. The Bertz CT molecular complexity index is 1420. The van der Waals surface area contributed by atoms with Gasteiger partial charge >= 0.3 is 0 Å². The number of nitrogens with zero attached hydrogens (tertiary/aromatic N) is 1. The van der Waals surface area contributed by atoms with Crippen LogP contribution < -0.4 is 15.5 Å². The van der Waals surface area contributed by atoms with Crippen molar-refractivity contribution in [1.29, 1.82) is 0 Å². The zero-order valence-electron chi connectivity index (χ0n) is 21.2. The lowest BCUT2D eigenvalue weighted by molar-refractivity contribution is -0.120. The van der Waals surface area contributed by atoms with Crippen molar-refractivity contribution in [3.8, 4) is 11.1 Å². The summed E-state index contributed by atoms with van der Waals surface area (Å²) in [5.74, 6) is -3.18. The van der Waals surface area contributed by atoms with Gasteiger partial charge in [-0.2, -0.15) is 0 Å². The highest BCUT2D eigenvalue weighted by atomic mass is 19.1. The predicted molar refractivity (Wildman–Crippen MR) is 140 cm³/mol. The van der Waals surface area contributed by atoms with Crippen molar-refractivity contribution in [2.24, 2.45) is 0 Å². The van der Waals surface area contributed by atoms with E-state index in [-0.39, 0.29) is 36.1 Å². The summed E-state index contributed by atoms with van der Waals surface area (Å²) in [7, 11) is 0. The Morgan fingerprint density at radius 3 is 2.42 bits per heavy atom. The van der Waals surface area contributed by atoms with Crippen LogP contribution in [0.5, 0.6) is 0 Å². The van der Waals surface area contributed by atoms with Gasteiger partial charge in [0.25, 0.3) is 11.8 Å². The lowest BCUT2D eigenvalue weighted by atomic mass is 9.99. The number of rotatable bonds is 8. The Kier molecular flexibility index (Phi) is 7.85. The van der Waals surface area contributed by atoms with Crippen LogP contribution in [0.4, 0.5) is 20.2 Å². The van der Waals surface area contributed by atoms with Crippen LogP contribution in [-0.4, -0.2) is 30.9 Å². The zero-order valence-corrected chi connectivity index (χ0v) is 21.2. The fourth-order valence-electron chi connectivity index (χ4n) is 4.22. The molecule has 3 aromatic carbocycles. The maximum absolute atomic E-state index is 14.4. The minimum absolute atomic E-state index is 0.0668. The molecule has 3 aromatic rings. The standard InChI is InChI=1S/C29H27F2N3O4/c1-4-38-27-24(16-34(29(27)37)26-13-10-22(30)15-25(26)31)28(36)32-17(2)20-6-5-7-21(14-20)19-8-11-23(12-9-19)33-18(3)35/h5-15,17H,4,16H2,1-3H3,(H,32,36)(H,33,35). The van der Waals surface area contributed by atoms with Crippen molar-refractivity contribution in [3.05, 3.63) is 95.3 Å². The second kappa shape index (κ2) is 11.2. The van der Waals surface area contributed by atoms with E-state index in [2.05, 4.69) is 10.6 Å². The average Bonchev–Trinajstić information content (AvgIpc) is 3.20. The highest BCUT2D eigenvalue weighted by molar-refractivity contribution is 6.15. The van der Waals surface area contributed by atoms with Gasteiger partial charge in [0.2, 0.25) is 5.91 Å². The van der Waals surface area contributed by atoms with Gasteiger partial charge in [0.15, 0.2) is 5.76 Å². The van der Waals surface area contributed by atoms with Crippen molar-refractivity contribution >= 4 is 29.1 Å². The van der Waals surface area contributed by atoms with Crippen LogP contribution in [0.1, 0.15) is 32.4 Å². The summed E-state index contributed by atoms with van der Waals surface area (Å²) in [5.41, 5.74) is 3.29. The van der Waals surface area contributed by atoms with Gasteiger partial charge in [-0.05, 0) is 60.9 Å². The van der Waals surface area contributed by atoms with Gasteiger partial charge in [0.05, 0.1) is 30.5 Å². The summed E-state index contributed by atoms with van der Waals surface area (Å²) >= 11 is 0. The summed E-state index contributed by atoms with van der Waals surface area (Å²) in [4.78, 5) is 38.5. The predicted octanol–water partition coefficient (Wildman–Crippen LogP) is 5.10. The fraction of sp³-hybridized carbons (Fsp3) is 0.207. The number of nitrogens with one attached hydrogen (secondary N) is 2. The molecule has 0 radical (unpaired) electrons. The van der Waals surface area contributed by atoms with E-state index >= 15 is 0 Å². The number of anilines is 2. The number of benzene rings is 3. The zero-order chi connectivity index (χ0) is 27.4. The van der Waals surface area contributed by atoms with E-state index in [0.717, 1.165) is 33.7 Å². The Morgan fingerprint density at radius 2 is 1.76 bits per heavy atom. The molecule has 7 nitrogen and oxygen atoms in total. The first-order chi connectivity index (χ1) is 18.2. The van der Waals surface area contributed by atoms with Crippen LogP contribution >= 0.6 is 0 Å². The summed E-state index contributed by atoms with van der Waals surface area (Å²) in [6.07, 6.45) is 0. The van der Waals surface area contributed by atoms with Gasteiger partial charge in [0, 0.05) is 18.7 Å². The first-order valence-electron chi connectivity index (χ1n) is 12.1. The number of ether oxygens (including phenoxy) is 1. The van der Waals surface area contributed by atoms with Gasteiger partial charge in [-0.15, -0.1) is 0 Å². The highest BCUT2D eigenvalue weighted by Gasteiger charge is 2.37. The Balaban J connectivity index is 1.52. The topological polar surface area (TPSA) is 87.7 Å². The van der Waals surface area contributed by atoms with Crippen LogP contribution in [-0.2, 0) is 19.1 Å². The number of carbonyl (C=O) groups excluding carboxylic acids is 3. The van der Waals surface area contributed by atoms with E-state index in [1.807, 2.05) is 55.5 Å². The molecule has 0 bridgehead atoms. The number of hydrogen-bond donors (Lipinski definition) is 2. The minimum Gasteiger partial charge on any atom is -0.488 e. The maximum Gasteiger partial charge on any atom is 0.294 e. The molecule has 0 fully saturated rings. The number of halogens is 2. The Labute approximate surface area is 219 Å². The smallest absolute Gasteiger partial charge is 0.294 e. The van der Waals surface area contributed by atoms with Crippen molar-refractivity contribution in [3.63, 3.8) is 0 Å². The Morgan fingerprint density at radius 1 is 1.03 bits per heavy atom. The van der Waals surface area contributed by atoms with Crippen molar-refractivity contribution in [1.82, 2.24) is 5.32 Å². The lowest BCUT2D eigenvalue weighted by Gasteiger charge is -2.18. The van der Waals surface area contributed by atoms with Crippen LogP contribution in [0.15, 0.2) is 78.1 Å². The largest absolute Gasteiger partial charge is 0.488 e. The van der Waals surface area contributed by atoms with Gasteiger partial charge in [-0.1, -0.05) is 30.3 Å². The van der Waals surface area contributed by atoms with E-state index in [9.17, 15) is 23.2 Å². The SMILES string of the molecule is CCOC1=C(C(=O)NC(C)c2cccc(-c3ccc(NC(C)=O)cc3)c2)CN(c2ccc(F)cc2F)C1=O. The summed E-state index contributed by atoms with van der Waals surface area (Å²) in [6, 6.07) is 17.5. The molecule has 1 aliphatic rings. The second-order valence-electron chi connectivity index (χ2n) is 8.81. The van der Waals surface area contributed by atoms with Gasteiger partial charge < -0.3 is 15.4 Å². The maximum atomic E-state index is 14.4. The molecule has 0 saturated heterocycles. The van der Waals surface area contributed by atoms with E-state index in [4.69, 9.17) is 4.74 Å². The van der Waals surface area contributed by atoms with E-state index in [1.165, 1.54) is 6.92 Å². The molecule has 1 unspecified atom stereocenters. The third kappa shape index (κ3) is 5.72. The summed E-state index contributed by atoms with van der Waals surface area (Å²) in [5, 5.41) is 5.63. The molecular weight excluding hydrogens is 492 g/mol. The molecular formula is C29H27F2N3O4. The minimum atomic E-state index is -0.911. The van der Waals surface area contributed by atoms with E-state index in [1.54, 1.807) is 6.92 Å². The normalized spacial score (nSPS) is 13.9. The fourth-order valence-corrected chi connectivity index (χ4v) is 4.22. The first kappa shape index (κ1) is 26.5. The Hall–Kier alpha value is -4.53. The summed E-state index contributed by atoms with van der Waals surface area (Å²) in [6.45, 7) is 4.85. The van der Waals surface area contributed by atoms with Crippen molar-refractivity contribution in [2.75, 3.05) is 23.4 Å². The molecule has 9 heteroatoms. The van der Waals surface area contributed by atoms with Crippen molar-refractivity contribution < 1.29 is 27.9 Å². The third-order valence-corrected chi connectivity index (χ3v) is 6.07. The van der Waals surface area contributed by atoms with Crippen LogP contribution in [0.2, 0.25) is 0 Å². The number of carbonyl (C=O) groups is 3. The third-order valence-electron chi connectivity index (χ3n) is 6.07. The molecule has 0 aromatic heterocycles. The molecule has 1 heterocycles. The summed E-state index contributed by atoms with van der Waals surface area (Å²) < 4.78 is 33.2. The van der Waals surface area contributed by atoms with Crippen molar-refractivity contribution in [2.45, 2.75) is 26.8 Å². The van der Waals surface area contributed by atoms with E-state index in [0.29, 0.717) is 11.8 Å². The second-order valence-corrected chi connectivity index (χ2v) is 8.81. The molecule has 0 spiro atoms. The first-order valence-corrected chi connectivity index (χ1v) is 12.1. The van der Waals surface area contributed by atoms with Gasteiger partial charge in [0.1, 0.15) is 11.6 Å². The molecule has 1 aliphatic heterocycles. The lowest BCUT2D eigenvalue weighted by Crippen LogP contribution is -2.32. The van der Waals surface area contributed by atoms with E-state index < -0.39 is 29.5 Å². The number of amides is 3. The van der Waals surface area contributed by atoms with Gasteiger partial charge in [-0.3, -0.25) is 19.3 Å². The van der Waals surface area contributed by atoms with Crippen LogP contribution in [0.3, 0.4) is 0 Å². The molecule has 0 aliphatic carbocycles. The molecule has 3 amide bonds. The molecule has 2 N–H and O–H groups in total. The average molecular weight is 520 g/mol. The monoisotopic (exact) mass is 519 g/mol. The molecule has 196 valence electrons. The molecule has 4 rings (SSSR count). The number of hydrogen-bond acceptors (Lipinski definition) is 4. The molecule has 0 saturated carbocycles. The van der Waals surface area contributed by atoms with Crippen LogP contribution in [0, 0.1) is 11.6 Å². The van der Waals surface area contributed by atoms with Gasteiger partial charge in [-0.25, -0.2) is 8.78 Å². The highest BCUT2D eigenvalue weighted by Crippen LogP contribution is 2.30. The molecule has 38 heavy (non-hydrogen) atoms. The quantitative estimate of drug-likeness (QED) is 0.433. The van der Waals surface area contributed by atoms with Crippen LogP contribution in [0.25, 0.3) is 11.1 Å².